The first kappa shape index (κ1) is 12.9. The van der Waals surface area contributed by atoms with Crippen LogP contribution in [-0.4, -0.2) is 23.1 Å². The Hall–Kier alpha value is -1.56. The van der Waals surface area contributed by atoms with Crippen molar-refractivity contribution in [1.29, 1.82) is 0 Å². The number of amides is 1. The molecule has 0 spiro atoms. The number of alkyl halides is 3. The van der Waals surface area contributed by atoms with E-state index in [1.54, 1.807) is 18.2 Å². The van der Waals surface area contributed by atoms with E-state index in [0.717, 1.165) is 0 Å². The average molecular weight is 258 g/mol. The fourth-order valence-electron chi connectivity index (χ4n) is 1.92. The number of hydrazine groups is 1. The molecule has 2 rings (SSSR count). The molecule has 0 heterocycles. The molecule has 1 atom stereocenters. The van der Waals surface area contributed by atoms with E-state index in [-0.39, 0.29) is 5.56 Å². The standard InChI is InChI=1S/C12H13F3N2O/c13-12(14,15)10(8-6-7-8)17(16)11(18)9-4-2-1-3-5-9/h1-5,8,10H,6-7,16H2. The van der Waals surface area contributed by atoms with Crippen LogP contribution in [0.15, 0.2) is 30.3 Å². The van der Waals surface area contributed by atoms with E-state index in [2.05, 4.69) is 0 Å². The average Bonchev–Trinajstić information content (AvgIpc) is 3.12. The molecule has 0 aliphatic heterocycles. The maximum absolute atomic E-state index is 12.9. The first-order valence-electron chi connectivity index (χ1n) is 5.61. The van der Waals surface area contributed by atoms with E-state index >= 15 is 0 Å². The highest BCUT2D eigenvalue weighted by molar-refractivity contribution is 5.94. The molecule has 1 amide bonds. The van der Waals surface area contributed by atoms with Gasteiger partial charge in [-0.25, -0.2) is 5.84 Å². The molecule has 18 heavy (non-hydrogen) atoms. The SMILES string of the molecule is NN(C(=O)c1ccccc1)C(C1CC1)C(F)(F)F. The van der Waals surface area contributed by atoms with Gasteiger partial charge < -0.3 is 0 Å². The molecule has 0 aromatic heterocycles. The number of carbonyl (C=O) groups excluding carboxylic acids is 1. The van der Waals surface area contributed by atoms with Crippen LogP contribution in [0.1, 0.15) is 23.2 Å². The van der Waals surface area contributed by atoms with Gasteiger partial charge in [-0.15, -0.1) is 0 Å². The third-order valence-corrected chi connectivity index (χ3v) is 2.96. The van der Waals surface area contributed by atoms with E-state index in [0.29, 0.717) is 17.9 Å². The highest BCUT2D eigenvalue weighted by Crippen LogP contribution is 2.42. The van der Waals surface area contributed by atoms with Crippen molar-refractivity contribution in [2.24, 2.45) is 11.8 Å². The quantitative estimate of drug-likeness (QED) is 0.514. The van der Waals surface area contributed by atoms with Gasteiger partial charge in [0.25, 0.3) is 5.91 Å². The third-order valence-electron chi connectivity index (χ3n) is 2.96. The Morgan fingerprint density at radius 2 is 1.83 bits per heavy atom. The maximum Gasteiger partial charge on any atom is 0.410 e. The maximum atomic E-state index is 12.9. The van der Waals surface area contributed by atoms with Gasteiger partial charge in [0.2, 0.25) is 0 Å². The second kappa shape index (κ2) is 4.61. The lowest BCUT2D eigenvalue weighted by atomic mass is 10.1. The van der Waals surface area contributed by atoms with Gasteiger partial charge in [0.05, 0.1) is 0 Å². The number of benzene rings is 1. The number of hydrogen-bond acceptors (Lipinski definition) is 2. The van der Waals surface area contributed by atoms with Crippen molar-refractivity contribution in [3.8, 4) is 0 Å². The van der Waals surface area contributed by atoms with Gasteiger partial charge in [0.15, 0.2) is 0 Å². The van der Waals surface area contributed by atoms with Crippen molar-refractivity contribution in [2.75, 3.05) is 0 Å². The molecule has 1 aromatic carbocycles. The molecule has 1 saturated carbocycles. The Balaban J connectivity index is 2.19. The van der Waals surface area contributed by atoms with Gasteiger partial charge >= 0.3 is 6.18 Å². The highest BCUT2D eigenvalue weighted by atomic mass is 19.4. The van der Waals surface area contributed by atoms with E-state index in [9.17, 15) is 18.0 Å². The molecule has 0 saturated heterocycles. The molecule has 1 aliphatic rings. The summed E-state index contributed by atoms with van der Waals surface area (Å²) in [5.74, 6) is 4.02. The molecule has 98 valence electrons. The number of nitrogens with two attached hydrogens (primary N) is 1. The van der Waals surface area contributed by atoms with Crippen molar-refractivity contribution in [3.05, 3.63) is 35.9 Å². The summed E-state index contributed by atoms with van der Waals surface area (Å²) < 4.78 is 38.6. The predicted octanol–water partition coefficient (Wildman–Crippen LogP) is 2.34. The van der Waals surface area contributed by atoms with Crippen LogP contribution in [0.5, 0.6) is 0 Å². The summed E-state index contributed by atoms with van der Waals surface area (Å²) in [6, 6.07) is 5.86. The number of hydrogen-bond donors (Lipinski definition) is 1. The molecule has 1 aromatic rings. The zero-order chi connectivity index (χ0) is 13.3. The molecule has 6 heteroatoms. The third kappa shape index (κ3) is 2.64. The normalized spacial score (nSPS) is 17.3. The van der Waals surface area contributed by atoms with Crippen molar-refractivity contribution in [3.63, 3.8) is 0 Å². The van der Waals surface area contributed by atoms with E-state index in [4.69, 9.17) is 5.84 Å². The lowest BCUT2D eigenvalue weighted by Gasteiger charge is -2.29. The van der Waals surface area contributed by atoms with E-state index in [1.165, 1.54) is 12.1 Å². The van der Waals surface area contributed by atoms with Crippen LogP contribution in [0.4, 0.5) is 13.2 Å². The van der Waals surface area contributed by atoms with Crippen molar-refractivity contribution >= 4 is 5.91 Å². The van der Waals surface area contributed by atoms with Gasteiger partial charge in [-0.2, -0.15) is 13.2 Å². The van der Waals surface area contributed by atoms with Gasteiger partial charge in [-0.1, -0.05) is 18.2 Å². The van der Waals surface area contributed by atoms with Crippen LogP contribution < -0.4 is 5.84 Å². The van der Waals surface area contributed by atoms with Gasteiger partial charge in [-0.3, -0.25) is 9.80 Å². The van der Waals surface area contributed by atoms with E-state index < -0.39 is 24.0 Å². The summed E-state index contributed by atoms with van der Waals surface area (Å²) in [7, 11) is 0. The van der Waals surface area contributed by atoms with Crippen LogP contribution in [-0.2, 0) is 0 Å². The second-order valence-electron chi connectivity index (χ2n) is 4.40. The first-order valence-corrected chi connectivity index (χ1v) is 5.61. The summed E-state index contributed by atoms with van der Waals surface area (Å²) in [6.07, 6.45) is -3.57. The summed E-state index contributed by atoms with van der Waals surface area (Å²) in [5.41, 5.74) is 0.162. The molecule has 0 bridgehead atoms. The predicted molar refractivity (Wildman–Crippen MR) is 59.4 cm³/mol. The molecular formula is C12H13F3N2O. The fourth-order valence-corrected chi connectivity index (χ4v) is 1.92. The molecule has 1 unspecified atom stereocenters. The minimum absolute atomic E-state index is 0.162. The Morgan fingerprint density at radius 1 is 1.28 bits per heavy atom. The Morgan fingerprint density at radius 3 is 2.28 bits per heavy atom. The Bertz CT molecular complexity index is 429. The lowest BCUT2D eigenvalue weighted by Crippen LogP contribution is -2.54. The molecule has 3 nitrogen and oxygen atoms in total. The number of nitrogens with zero attached hydrogens (tertiary/aromatic N) is 1. The largest absolute Gasteiger partial charge is 0.410 e. The van der Waals surface area contributed by atoms with Gasteiger partial charge in [-0.05, 0) is 30.9 Å². The van der Waals surface area contributed by atoms with Crippen molar-refractivity contribution in [1.82, 2.24) is 5.01 Å². The summed E-state index contributed by atoms with van der Waals surface area (Å²) in [6.45, 7) is 0. The van der Waals surface area contributed by atoms with Crippen LogP contribution in [0.25, 0.3) is 0 Å². The van der Waals surface area contributed by atoms with Crippen molar-refractivity contribution in [2.45, 2.75) is 25.1 Å². The van der Waals surface area contributed by atoms with Crippen molar-refractivity contribution < 1.29 is 18.0 Å². The zero-order valence-electron chi connectivity index (χ0n) is 9.52. The monoisotopic (exact) mass is 258 g/mol. The lowest BCUT2D eigenvalue weighted by molar-refractivity contribution is -0.182. The molecular weight excluding hydrogens is 245 g/mol. The van der Waals surface area contributed by atoms with Gasteiger partial charge in [0.1, 0.15) is 6.04 Å². The topological polar surface area (TPSA) is 46.3 Å². The smallest absolute Gasteiger partial charge is 0.268 e. The van der Waals surface area contributed by atoms with Crippen LogP contribution in [0.2, 0.25) is 0 Å². The molecule has 1 fully saturated rings. The van der Waals surface area contributed by atoms with Crippen LogP contribution in [0.3, 0.4) is 0 Å². The number of halogens is 3. The summed E-state index contributed by atoms with van der Waals surface area (Å²) in [5, 5.41) is 0.326. The second-order valence-corrected chi connectivity index (χ2v) is 4.40. The van der Waals surface area contributed by atoms with Crippen LogP contribution in [0, 0.1) is 5.92 Å². The summed E-state index contributed by atoms with van der Waals surface area (Å²) >= 11 is 0. The number of carbonyl (C=O) groups is 1. The van der Waals surface area contributed by atoms with Crippen LogP contribution >= 0.6 is 0 Å². The fraction of sp³-hybridized carbons (Fsp3) is 0.417. The number of rotatable bonds is 3. The van der Waals surface area contributed by atoms with Gasteiger partial charge in [0, 0.05) is 5.56 Å². The minimum Gasteiger partial charge on any atom is -0.268 e. The Labute approximate surface area is 102 Å². The molecule has 0 radical (unpaired) electrons. The Kier molecular flexibility index (Phi) is 3.30. The summed E-state index contributed by atoms with van der Waals surface area (Å²) in [4.78, 5) is 11.9. The van der Waals surface area contributed by atoms with E-state index in [1.807, 2.05) is 0 Å². The minimum atomic E-state index is -4.49. The molecule has 2 N–H and O–H groups in total. The highest BCUT2D eigenvalue weighted by Gasteiger charge is 2.53. The molecule has 1 aliphatic carbocycles. The first-order chi connectivity index (χ1) is 8.41. The zero-order valence-corrected chi connectivity index (χ0v) is 9.52.